The van der Waals surface area contributed by atoms with Gasteiger partial charge in [-0.1, -0.05) is 11.6 Å². The van der Waals surface area contributed by atoms with E-state index in [1.165, 1.54) is 0 Å². The SMILES string of the molecule is Cc1cc(Br)c(NS(=O)(=O)C2CCNCC2)cc1Cl. The van der Waals surface area contributed by atoms with Crippen LogP contribution in [0, 0.1) is 6.92 Å². The molecule has 1 heterocycles. The second-order valence-electron chi connectivity index (χ2n) is 4.68. The summed E-state index contributed by atoms with van der Waals surface area (Å²) in [6.07, 6.45) is 1.26. The molecule has 1 saturated heterocycles. The molecule has 1 fully saturated rings. The highest BCUT2D eigenvalue weighted by molar-refractivity contribution is 9.10. The number of aryl methyl sites for hydroxylation is 1. The van der Waals surface area contributed by atoms with Crippen LogP contribution in [0.5, 0.6) is 0 Å². The number of halogens is 2. The largest absolute Gasteiger partial charge is 0.317 e. The highest BCUT2D eigenvalue weighted by Gasteiger charge is 2.27. The van der Waals surface area contributed by atoms with E-state index in [0.29, 0.717) is 28.0 Å². The topological polar surface area (TPSA) is 58.2 Å². The molecule has 0 aromatic heterocycles. The zero-order chi connectivity index (χ0) is 14.0. The second kappa shape index (κ2) is 5.99. The van der Waals surface area contributed by atoms with E-state index in [2.05, 4.69) is 26.0 Å². The van der Waals surface area contributed by atoms with Gasteiger partial charge in [-0.2, -0.15) is 0 Å². The molecule has 19 heavy (non-hydrogen) atoms. The fraction of sp³-hybridized carbons (Fsp3) is 0.500. The Morgan fingerprint density at radius 1 is 1.37 bits per heavy atom. The van der Waals surface area contributed by atoms with Gasteiger partial charge in [0.2, 0.25) is 10.0 Å². The number of hydrogen-bond donors (Lipinski definition) is 2. The van der Waals surface area contributed by atoms with Crippen molar-refractivity contribution >= 4 is 43.2 Å². The van der Waals surface area contributed by atoms with E-state index in [0.717, 1.165) is 18.7 Å². The molecule has 0 bridgehead atoms. The van der Waals surface area contributed by atoms with Gasteiger partial charge in [0.05, 0.1) is 10.9 Å². The zero-order valence-corrected chi connectivity index (χ0v) is 13.7. The van der Waals surface area contributed by atoms with Crippen molar-refractivity contribution < 1.29 is 8.42 Å². The van der Waals surface area contributed by atoms with Gasteiger partial charge in [0, 0.05) is 9.50 Å². The molecule has 0 atom stereocenters. The first-order valence-electron chi connectivity index (χ1n) is 6.08. The molecular formula is C12H16BrClN2O2S. The zero-order valence-electron chi connectivity index (χ0n) is 10.5. The lowest BCUT2D eigenvalue weighted by molar-refractivity contribution is 0.499. The van der Waals surface area contributed by atoms with E-state index in [1.807, 2.05) is 13.0 Å². The van der Waals surface area contributed by atoms with Crippen LogP contribution in [0.2, 0.25) is 5.02 Å². The van der Waals surface area contributed by atoms with E-state index in [1.54, 1.807) is 6.07 Å². The predicted molar refractivity (Wildman–Crippen MR) is 82.3 cm³/mol. The Morgan fingerprint density at radius 2 is 2.00 bits per heavy atom. The molecule has 2 rings (SSSR count). The summed E-state index contributed by atoms with van der Waals surface area (Å²) in [5.74, 6) is 0. The predicted octanol–water partition coefficient (Wildman–Crippen LogP) is 2.90. The summed E-state index contributed by atoms with van der Waals surface area (Å²) in [5, 5.41) is 3.36. The van der Waals surface area contributed by atoms with Crippen LogP contribution < -0.4 is 10.0 Å². The summed E-state index contributed by atoms with van der Waals surface area (Å²) < 4.78 is 27.9. The number of piperidine rings is 1. The maximum Gasteiger partial charge on any atom is 0.235 e. The summed E-state index contributed by atoms with van der Waals surface area (Å²) in [6.45, 7) is 3.35. The summed E-state index contributed by atoms with van der Waals surface area (Å²) >= 11 is 9.39. The molecule has 7 heteroatoms. The van der Waals surface area contributed by atoms with Gasteiger partial charge in [0.1, 0.15) is 0 Å². The molecule has 0 unspecified atom stereocenters. The molecule has 1 aromatic carbocycles. The van der Waals surface area contributed by atoms with E-state index < -0.39 is 10.0 Å². The maximum atomic E-state index is 12.3. The lowest BCUT2D eigenvalue weighted by Gasteiger charge is -2.23. The molecule has 0 saturated carbocycles. The highest BCUT2D eigenvalue weighted by Crippen LogP contribution is 2.30. The van der Waals surface area contributed by atoms with Crippen LogP contribution in [0.15, 0.2) is 16.6 Å². The van der Waals surface area contributed by atoms with Crippen LogP contribution in [0.3, 0.4) is 0 Å². The van der Waals surface area contributed by atoms with Crippen LogP contribution in [-0.4, -0.2) is 26.8 Å². The van der Waals surface area contributed by atoms with Gasteiger partial charge in [-0.15, -0.1) is 0 Å². The molecule has 4 nitrogen and oxygen atoms in total. The van der Waals surface area contributed by atoms with Crippen LogP contribution in [0.1, 0.15) is 18.4 Å². The minimum absolute atomic E-state index is 0.347. The van der Waals surface area contributed by atoms with Gasteiger partial charge in [-0.05, 0) is 66.5 Å². The maximum absolute atomic E-state index is 12.3. The average Bonchev–Trinajstić information content (AvgIpc) is 2.37. The highest BCUT2D eigenvalue weighted by atomic mass is 79.9. The summed E-state index contributed by atoms with van der Waals surface area (Å²) in [6, 6.07) is 3.45. The first kappa shape index (κ1) is 15.1. The normalized spacial score (nSPS) is 17.4. The van der Waals surface area contributed by atoms with E-state index in [-0.39, 0.29) is 5.25 Å². The van der Waals surface area contributed by atoms with Crippen molar-refractivity contribution in [1.29, 1.82) is 0 Å². The Hall–Kier alpha value is -0.300. The molecule has 106 valence electrons. The molecular weight excluding hydrogens is 352 g/mol. The number of benzene rings is 1. The number of anilines is 1. The average molecular weight is 368 g/mol. The Bertz CT molecular complexity index is 571. The minimum atomic E-state index is -3.37. The van der Waals surface area contributed by atoms with Crippen molar-refractivity contribution in [2.45, 2.75) is 25.0 Å². The van der Waals surface area contributed by atoms with Crippen LogP contribution in [-0.2, 0) is 10.0 Å². The van der Waals surface area contributed by atoms with Crippen molar-refractivity contribution in [2.75, 3.05) is 17.8 Å². The standard InChI is InChI=1S/C12H16BrClN2O2S/c1-8-6-10(13)12(7-11(8)14)16-19(17,18)9-2-4-15-5-3-9/h6-7,9,15-16H,2-5H2,1H3. The Balaban J connectivity index is 2.22. The van der Waals surface area contributed by atoms with E-state index in [9.17, 15) is 8.42 Å². The molecule has 1 aliphatic heterocycles. The van der Waals surface area contributed by atoms with Crippen molar-refractivity contribution in [3.8, 4) is 0 Å². The third-order valence-corrected chi connectivity index (χ3v) is 6.14. The van der Waals surface area contributed by atoms with Gasteiger partial charge in [0.15, 0.2) is 0 Å². The molecule has 2 N–H and O–H groups in total. The molecule has 0 aliphatic carbocycles. The molecule has 1 aliphatic rings. The second-order valence-corrected chi connectivity index (χ2v) is 7.90. The number of hydrogen-bond acceptors (Lipinski definition) is 3. The first-order valence-corrected chi connectivity index (χ1v) is 8.80. The van der Waals surface area contributed by atoms with Gasteiger partial charge < -0.3 is 5.32 Å². The van der Waals surface area contributed by atoms with Crippen molar-refractivity contribution in [1.82, 2.24) is 5.32 Å². The summed E-state index contributed by atoms with van der Waals surface area (Å²) in [7, 11) is -3.37. The van der Waals surface area contributed by atoms with Gasteiger partial charge in [-0.3, -0.25) is 4.72 Å². The van der Waals surface area contributed by atoms with Crippen molar-refractivity contribution in [3.05, 3.63) is 27.2 Å². The number of sulfonamides is 1. The lowest BCUT2D eigenvalue weighted by atomic mass is 10.2. The number of rotatable bonds is 3. The Morgan fingerprint density at radius 3 is 2.63 bits per heavy atom. The molecule has 0 radical (unpaired) electrons. The van der Waals surface area contributed by atoms with Gasteiger partial charge in [0.25, 0.3) is 0 Å². The fourth-order valence-corrected chi connectivity index (χ4v) is 4.42. The van der Waals surface area contributed by atoms with Crippen LogP contribution in [0.25, 0.3) is 0 Å². The molecule has 0 amide bonds. The monoisotopic (exact) mass is 366 g/mol. The van der Waals surface area contributed by atoms with Crippen LogP contribution in [0.4, 0.5) is 5.69 Å². The first-order chi connectivity index (χ1) is 8.90. The van der Waals surface area contributed by atoms with E-state index >= 15 is 0 Å². The summed E-state index contributed by atoms with van der Waals surface area (Å²) in [4.78, 5) is 0. The van der Waals surface area contributed by atoms with Crippen molar-refractivity contribution in [2.24, 2.45) is 0 Å². The number of nitrogens with one attached hydrogen (secondary N) is 2. The minimum Gasteiger partial charge on any atom is -0.317 e. The molecule has 1 aromatic rings. The van der Waals surface area contributed by atoms with Crippen molar-refractivity contribution in [3.63, 3.8) is 0 Å². The van der Waals surface area contributed by atoms with Gasteiger partial charge in [-0.25, -0.2) is 8.42 Å². The van der Waals surface area contributed by atoms with Crippen LogP contribution >= 0.6 is 27.5 Å². The molecule has 0 spiro atoms. The van der Waals surface area contributed by atoms with E-state index in [4.69, 9.17) is 11.6 Å². The Labute approximate surface area is 127 Å². The lowest BCUT2D eigenvalue weighted by Crippen LogP contribution is -2.38. The third-order valence-electron chi connectivity index (χ3n) is 3.23. The fourth-order valence-electron chi connectivity index (χ4n) is 2.07. The third kappa shape index (κ3) is 3.62. The Kier molecular flexibility index (Phi) is 4.76. The summed E-state index contributed by atoms with van der Waals surface area (Å²) in [5.41, 5.74) is 1.40. The van der Waals surface area contributed by atoms with Gasteiger partial charge >= 0.3 is 0 Å². The smallest absolute Gasteiger partial charge is 0.235 e. The quantitative estimate of drug-likeness (QED) is 0.863.